The van der Waals surface area contributed by atoms with Gasteiger partial charge in [0, 0.05) is 42.1 Å². The van der Waals surface area contributed by atoms with E-state index in [1.54, 1.807) is 0 Å². The van der Waals surface area contributed by atoms with Crippen molar-refractivity contribution in [2.45, 2.75) is 0 Å². The second-order valence-electron chi connectivity index (χ2n) is 12.2. The van der Waals surface area contributed by atoms with E-state index in [-0.39, 0.29) is 0 Å². The van der Waals surface area contributed by atoms with Gasteiger partial charge in [-0.2, -0.15) is 0 Å². The standard InChI is InChI=1S/C42H23N3OS/c1-2-12-27-24(9-1)20-22-33-38(27)31-15-7-10-25-11-8-16-32(37(25)31)45(33)42-43-39(41-40(44-42)30-14-3-5-17-34(30)46-41)26-19-21-29-28-13-4-6-18-35(28)47-36(29)23-26/h1-23H. The van der Waals surface area contributed by atoms with Crippen LogP contribution in [-0.2, 0) is 0 Å². The second kappa shape index (κ2) is 9.25. The summed E-state index contributed by atoms with van der Waals surface area (Å²) in [6, 6.07) is 49.5. The molecule has 0 amide bonds. The maximum atomic E-state index is 6.55. The van der Waals surface area contributed by atoms with E-state index >= 15 is 0 Å². The lowest BCUT2D eigenvalue weighted by Crippen LogP contribution is -2.18. The summed E-state index contributed by atoms with van der Waals surface area (Å²) in [5.41, 5.74) is 8.66. The first-order chi connectivity index (χ1) is 23.3. The Morgan fingerprint density at radius 1 is 0.553 bits per heavy atom. The highest BCUT2D eigenvalue weighted by atomic mass is 32.1. The molecule has 0 saturated heterocycles. The minimum absolute atomic E-state index is 0.619. The molecular weight excluding hydrogens is 595 g/mol. The zero-order valence-corrected chi connectivity index (χ0v) is 25.8. The van der Waals surface area contributed by atoms with E-state index in [0.29, 0.717) is 11.5 Å². The zero-order chi connectivity index (χ0) is 30.6. The molecule has 4 nitrogen and oxygen atoms in total. The predicted molar refractivity (Wildman–Crippen MR) is 196 cm³/mol. The lowest BCUT2D eigenvalue weighted by Gasteiger charge is -2.32. The molecular formula is C42H23N3OS. The van der Waals surface area contributed by atoms with Crippen molar-refractivity contribution in [3.63, 3.8) is 0 Å². The first-order valence-corrected chi connectivity index (χ1v) is 16.6. The minimum Gasteiger partial charge on any atom is -0.452 e. The van der Waals surface area contributed by atoms with Crippen molar-refractivity contribution in [2.24, 2.45) is 0 Å². The molecule has 4 heterocycles. The van der Waals surface area contributed by atoms with Crippen LogP contribution in [0.3, 0.4) is 0 Å². The normalized spacial score (nSPS) is 12.6. The van der Waals surface area contributed by atoms with Crippen LogP contribution in [0, 0.1) is 0 Å². The molecule has 0 fully saturated rings. The number of anilines is 3. The highest BCUT2D eigenvalue weighted by Gasteiger charge is 2.30. The maximum absolute atomic E-state index is 6.55. The van der Waals surface area contributed by atoms with Gasteiger partial charge in [0.05, 0.1) is 11.4 Å². The average Bonchev–Trinajstić information content (AvgIpc) is 3.69. The molecule has 10 aromatic rings. The van der Waals surface area contributed by atoms with Gasteiger partial charge in [0.25, 0.3) is 0 Å². The smallest absolute Gasteiger partial charge is 0.236 e. The van der Waals surface area contributed by atoms with E-state index in [0.717, 1.165) is 39.1 Å². The summed E-state index contributed by atoms with van der Waals surface area (Å²) < 4.78 is 9.05. The van der Waals surface area contributed by atoms with Crippen LogP contribution in [0.15, 0.2) is 144 Å². The molecule has 7 aromatic carbocycles. The van der Waals surface area contributed by atoms with Gasteiger partial charge >= 0.3 is 0 Å². The van der Waals surface area contributed by atoms with Crippen LogP contribution in [0.4, 0.5) is 17.3 Å². The summed E-state index contributed by atoms with van der Waals surface area (Å²) in [7, 11) is 0. The van der Waals surface area contributed by atoms with Crippen molar-refractivity contribution in [3.8, 4) is 22.4 Å². The van der Waals surface area contributed by atoms with Gasteiger partial charge in [-0.05, 0) is 58.1 Å². The van der Waals surface area contributed by atoms with Crippen LogP contribution in [-0.4, -0.2) is 9.97 Å². The number of benzene rings is 7. The fourth-order valence-corrected chi connectivity index (χ4v) is 8.68. The van der Waals surface area contributed by atoms with E-state index in [4.69, 9.17) is 14.4 Å². The number of aromatic nitrogens is 2. The number of fused-ring (bicyclic) bond motifs is 10. The topological polar surface area (TPSA) is 42.2 Å². The van der Waals surface area contributed by atoms with E-state index in [2.05, 4.69) is 126 Å². The number of nitrogens with zero attached hydrogens (tertiary/aromatic N) is 3. The molecule has 0 radical (unpaired) electrons. The van der Waals surface area contributed by atoms with Crippen LogP contribution >= 0.6 is 11.3 Å². The van der Waals surface area contributed by atoms with E-state index in [9.17, 15) is 0 Å². The van der Waals surface area contributed by atoms with Gasteiger partial charge in [-0.15, -0.1) is 11.3 Å². The molecule has 47 heavy (non-hydrogen) atoms. The lowest BCUT2D eigenvalue weighted by atomic mass is 9.88. The molecule has 0 bridgehead atoms. The Morgan fingerprint density at radius 2 is 1.32 bits per heavy atom. The number of para-hydroxylation sites is 1. The van der Waals surface area contributed by atoms with Gasteiger partial charge in [0.2, 0.25) is 5.95 Å². The highest BCUT2D eigenvalue weighted by molar-refractivity contribution is 7.25. The number of rotatable bonds is 2. The Kier molecular flexibility index (Phi) is 4.96. The molecule has 5 heteroatoms. The number of thiophene rings is 1. The summed E-state index contributed by atoms with van der Waals surface area (Å²) in [4.78, 5) is 13.0. The van der Waals surface area contributed by atoms with E-state index < -0.39 is 0 Å². The summed E-state index contributed by atoms with van der Waals surface area (Å²) >= 11 is 1.81. The van der Waals surface area contributed by atoms with Crippen LogP contribution in [0.1, 0.15) is 0 Å². The van der Waals surface area contributed by atoms with Crippen molar-refractivity contribution in [3.05, 3.63) is 140 Å². The third kappa shape index (κ3) is 3.46. The molecule has 0 spiro atoms. The molecule has 0 unspecified atom stereocenters. The molecule has 218 valence electrons. The zero-order valence-electron chi connectivity index (χ0n) is 24.9. The first kappa shape index (κ1) is 25.2. The Hall–Kier alpha value is -6.04. The SMILES string of the molecule is c1ccc2c3c(ccc2c1)N(c1nc(-c2ccc4c(c2)sc2ccccc24)c2oc4ccccc4c2n1)c1cccc2cccc-3c12. The van der Waals surface area contributed by atoms with Gasteiger partial charge < -0.3 is 4.42 Å². The molecule has 0 atom stereocenters. The predicted octanol–water partition coefficient (Wildman–Crippen LogP) is 12.2. The molecule has 11 rings (SSSR count). The van der Waals surface area contributed by atoms with E-state index in [1.165, 1.54) is 52.8 Å². The molecule has 0 saturated carbocycles. The van der Waals surface area contributed by atoms with Crippen molar-refractivity contribution in [1.29, 1.82) is 0 Å². The van der Waals surface area contributed by atoms with Gasteiger partial charge in [-0.3, -0.25) is 4.90 Å². The fraction of sp³-hybridized carbons (Fsp3) is 0. The van der Waals surface area contributed by atoms with Gasteiger partial charge in [0.1, 0.15) is 16.8 Å². The highest BCUT2D eigenvalue weighted by Crippen LogP contribution is 2.53. The van der Waals surface area contributed by atoms with Gasteiger partial charge in [-0.25, -0.2) is 9.97 Å². The Bertz CT molecular complexity index is 2930. The van der Waals surface area contributed by atoms with Crippen LogP contribution in [0.5, 0.6) is 0 Å². The van der Waals surface area contributed by atoms with Crippen LogP contribution in [0.25, 0.3) is 86.2 Å². The van der Waals surface area contributed by atoms with Crippen molar-refractivity contribution < 1.29 is 4.42 Å². The van der Waals surface area contributed by atoms with Crippen molar-refractivity contribution in [2.75, 3.05) is 4.90 Å². The number of hydrogen-bond acceptors (Lipinski definition) is 5. The Labute approximate surface area is 272 Å². The second-order valence-corrected chi connectivity index (χ2v) is 13.2. The Morgan fingerprint density at radius 3 is 2.26 bits per heavy atom. The first-order valence-electron chi connectivity index (χ1n) is 15.8. The van der Waals surface area contributed by atoms with E-state index in [1.807, 2.05) is 29.5 Å². The molecule has 0 N–H and O–H groups in total. The third-order valence-electron chi connectivity index (χ3n) is 9.60. The van der Waals surface area contributed by atoms with Gasteiger partial charge in [-0.1, -0.05) is 103 Å². The number of furan rings is 1. The average molecular weight is 618 g/mol. The summed E-state index contributed by atoms with van der Waals surface area (Å²) in [5.74, 6) is 0.619. The van der Waals surface area contributed by atoms with Crippen LogP contribution < -0.4 is 4.90 Å². The van der Waals surface area contributed by atoms with Gasteiger partial charge in [0.15, 0.2) is 5.58 Å². The van der Waals surface area contributed by atoms with Crippen molar-refractivity contribution >= 4 is 92.4 Å². The van der Waals surface area contributed by atoms with Crippen LogP contribution in [0.2, 0.25) is 0 Å². The Balaban J connectivity index is 1.25. The summed E-state index contributed by atoms with van der Waals surface area (Å²) in [6.45, 7) is 0. The quantitative estimate of drug-likeness (QED) is 0.194. The minimum atomic E-state index is 0.619. The fourth-order valence-electron chi connectivity index (χ4n) is 7.54. The molecule has 3 aromatic heterocycles. The molecule has 1 aliphatic heterocycles. The monoisotopic (exact) mass is 617 g/mol. The lowest BCUT2D eigenvalue weighted by molar-refractivity contribution is 0.667. The molecule has 0 aliphatic carbocycles. The maximum Gasteiger partial charge on any atom is 0.236 e. The number of hydrogen-bond donors (Lipinski definition) is 0. The molecule has 1 aliphatic rings. The largest absolute Gasteiger partial charge is 0.452 e. The summed E-state index contributed by atoms with van der Waals surface area (Å²) in [5, 5.41) is 8.32. The van der Waals surface area contributed by atoms with Crippen molar-refractivity contribution in [1.82, 2.24) is 9.97 Å². The summed E-state index contributed by atoms with van der Waals surface area (Å²) in [6.07, 6.45) is 0. The third-order valence-corrected chi connectivity index (χ3v) is 10.7.